The normalized spacial score (nSPS) is 10.0. The van der Waals surface area contributed by atoms with Gasteiger partial charge in [0.2, 0.25) is 10.5 Å². The van der Waals surface area contributed by atoms with E-state index in [1.165, 1.54) is 0 Å². The van der Waals surface area contributed by atoms with Crippen molar-refractivity contribution in [3.8, 4) is 0 Å². The highest BCUT2D eigenvalue weighted by Gasteiger charge is 1.84. The van der Waals surface area contributed by atoms with Crippen molar-refractivity contribution < 1.29 is 13.9 Å². The van der Waals surface area contributed by atoms with E-state index in [0.717, 1.165) is 0 Å². The maximum absolute atomic E-state index is 5.03. The van der Waals surface area contributed by atoms with Crippen LogP contribution in [0.25, 0.3) is 0 Å². The Kier molecular flexibility index (Phi) is 8.18. The van der Waals surface area contributed by atoms with Crippen LogP contribution in [0.3, 0.4) is 0 Å². The lowest BCUT2D eigenvalue weighted by atomic mass is 10.7. The van der Waals surface area contributed by atoms with E-state index in [2.05, 4.69) is 14.9 Å². The standard InChI is InChI=1S/C5H11O3Si/c1-6-2-3-7-4-5-8-9/h2-5H2,1H3. The van der Waals surface area contributed by atoms with Gasteiger partial charge in [-0.25, -0.2) is 0 Å². The van der Waals surface area contributed by atoms with E-state index in [1.807, 2.05) is 0 Å². The number of ether oxygens (including phenoxy) is 2. The molecule has 0 N–H and O–H groups in total. The van der Waals surface area contributed by atoms with Crippen LogP contribution >= 0.6 is 0 Å². The van der Waals surface area contributed by atoms with Crippen molar-refractivity contribution >= 4 is 10.5 Å². The molecule has 0 saturated heterocycles. The number of hydrogen-bond acceptors (Lipinski definition) is 3. The number of hydrogen-bond donors (Lipinski definition) is 0. The lowest BCUT2D eigenvalue weighted by molar-refractivity contribution is 0.0558. The first-order valence-corrected chi connectivity index (χ1v) is 3.18. The van der Waals surface area contributed by atoms with Gasteiger partial charge in [0.15, 0.2) is 0 Å². The van der Waals surface area contributed by atoms with E-state index >= 15 is 0 Å². The van der Waals surface area contributed by atoms with Crippen LogP contribution < -0.4 is 0 Å². The van der Waals surface area contributed by atoms with Gasteiger partial charge in [-0.05, 0) is 0 Å². The fourth-order valence-electron chi connectivity index (χ4n) is 0.345. The van der Waals surface area contributed by atoms with Crippen molar-refractivity contribution in [2.45, 2.75) is 0 Å². The molecule has 3 radical (unpaired) electrons. The summed E-state index contributed by atoms with van der Waals surface area (Å²) in [5.74, 6) is 0. The van der Waals surface area contributed by atoms with Crippen LogP contribution in [0.4, 0.5) is 0 Å². The van der Waals surface area contributed by atoms with Crippen molar-refractivity contribution in [3.05, 3.63) is 0 Å². The Hall–Kier alpha value is 0.0969. The van der Waals surface area contributed by atoms with Gasteiger partial charge in [0, 0.05) is 7.11 Å². The molecule has 3 nitrogen and oxygen atoms in total. The zero-order valence-corrected chi connectivity index (χ0v) is 6.55. The molecule has 0 saturated carbocycles. The van der Waals surface area contributed by atoms with Gasteiger partial charge in [-0.2, -0.15) is 0 Å². The molecule has 0 unspecified atom stereocenters. The van der Waals surface area contributed by atoms with Gasteiger partial charge in [-0.1, -0.05) is 0 Å². The fraction of sp³-hybridized carbons (Fsp3) is 1.00. The molecule has 0 atom stereocenters. The Morgan fingerprint density at radius 1 is 1.11 bits per heavy atom. The second-order valence-electron chi connectivity index (χ2n) is 1.45. The summed E-state index contributed by atoms with van der Waals surface area (Å²) < 4.78 is 14.3. The average Bonchev–Trinajstić information content (AvgIpc) is 1.89. The third-order valence-corrected chi connectivity index (χ3v) is 0.966. The van der Waals surface area contributed by atoms with Gasteiger partial charge in [-0.3, -0.25) is 0 Å². The second-order valence-corrected chi connectivity index (χ2v) is 1.74. The summed E-state index contributed by atoms with van der Waals surface area (Å²) in [7, 11) is 4.49. The third-order valence-electron chi connectivity index (χ3n) is 0.762. The lowest BCUT2D eigenvalue weighted by Crippen LogP contribution is -2.06. The summed E-state index contributed by atoms with van der Waals surface area (Å²) >= 11 is 0. The molecule has 0 fully saturated rings. The van der Waals surface area contributed by atoms with Crippen LogP contribution in [0.1, 0.15) is 0 Å². The molecule has 0 rings (SSSR count). The van der Waals surface area contributed by atoms with E-state index in [1.54, 1.807) is 7.11 Å². The summed E-state index contributed by atoms with van der Waals surface area (Å²) in [6.07, 6.45) is 0. The predicted octanol–water partition coefficient (Wildman–Crippen LogP) is -0.250. The highest BCUT2D eigenvalue weighted by molar-refractivity contribution is 5.97. The van der Waals surface area contributed by atoms with Gasteiger partial charge >= 0.3 is 0 Å². The molecule has 0 aromatic heterocycles. The highest BCUT2D eigenvalue weighted by atomic mass is 28.2. The van der Waals surface area contributed by atoms with Crippen LogP contribution in [0.15, 0.2) is 0 Å². The molecule has 0 aliphatic carbocycles. The molecule has 53 valence electrons. The summed E-state index contributed by atoms with van der Waals surface area (Å²) in [6.45, 7) is 2.45. The van der Waals surface area contributed by atoms with Crippen molar-refractivity contribution in [1.29, 1.82) is 0 Å². The summed E-state index contributed by atoms with van der Waals surface area (Å²) in [5.41, 5.74) is 0. The number of rotatable bonds is 6. The maximum Gasteiger partial charge on any atom is 0.246 e. The van der Waals surface area contributed by atoms with Crippen LogP contribution in [0, 0.1) is 0 Å². The van der Waals surface area contributed by atoms with Gasteiger partial charge in [0.25, 0.3) is 0 Å². The van der Waals surface area contributed by atoms with E-state index in [9.17, 15) is 0 Å². The van der Waals surface area contributed by atoms with E-state index in [-0.39, 0.29) is 0 Å². The van der Waals surface area contributed by atoms with E-state index in [0.29, 0.717) is 26.4 Å². The molecule has 0 aliphatic heterocycles. The molecule has 0 amide bonds. The Bertz CT molecular complexity index is 45.5. The van der Waals surface area contributed by atoms with E-state index < -0.39 is 0 Å². The topological polar surface area (TPSA) is 27.7 Å². The summed E-state index contributed by atoms with van der Waals surface area (Å²) in [6, 6.07) is 0. The maximum atomic E-state index is 5.03. The molecular weight excluding hydrogens is 136 g/mol. The van der Waals surface area contributed by atoms with Crippen LogP contribution in [0.2, 0.25) is 0 Å². The highest BCUT2D eigenvalue weighted by Crippen LogP contribution is 1.75. The lowest BCUT2D eigenvalue weighted by Gasteiger charge is -2.00. The van der Waals surface area contributed by atoms with Crippen LogP contribution in [-0.4, -0.2) is 44.0 Å². The van der Waals surface area contributed by atoms with Gasteiger partial charge < -0.3 is 13.9 Å². The monoisotopic (exact) mass is 147 g/mol. The quantitative estimate of drug-likeness (QED) is 0.383. The smallest absolute Gasteiger partial charge is 0.246 e. The molecule has 4 heteroatoms. The summed E-state index contributed by atoms with van der Waals surface area (Å²) in [4.78, 5) is 0. The minimum Gasteiger partial charge on any atom is -0.416 e. The van der Waals surface area contributed by atoms with Crippen molar-refractivity contribution in [2.24, 2.45) is 0 Å². The van der Waals surface area contributed by atoms with Crippen LogP contribution in [0.5, 0.6) is 0 Å². The molecule has 9 heavy (non-hydrogen) atoms. The number of methoxy groups -OCH3 is 1. The first-order chi connectivity index (χ1) is 4.41. The fourth-order valence-corrected chi connectivity index (χ4v) is 0.428. The van der Waals surface area contributed by atoms with Gasteiger partial charge in [-0.15, -0.1) is 0 Å². The zero-order valence-electron chi connectivity index (χ0n) is 5.55. The molecular formula is C5H11O3Si. The summed E-state index contributed by atoms with van der Waals surface area (Å²) in [5, 5.41) is 0. The first-order valence-electron chi connectivity index (χ1n) is 2.77. The predicted molar refractivity (Wildman–Crippen MR) is 34.4 cm³/mol. The average molecular weight is 147 g/mol. The molecule has 0 aliphatic rings. The Balaban J connectivity index is 2.60. The van der Waals surface area contributed by atoms with Gasteiger partial charge in [0.05, 0.1) is 26.4 Å². The Labute approximate surface area is 58.8 Å². The molecule has 0 spiro atoms. The van der Waals surface area contributed by atoms with E-state index in [4.69, 9.17) is 9.47 Å². The Morgan fingerprint density at radius 2 is 1.78 bits per heavy atom. The minimum atomic E-state index is 0.570. The first kappa shape index (κ1) is 9.10. The molecule has 0 aromatic carbocycles. The van der Waals surface area contributed by atoms with Crippen molar-refractivity contribution in [3.63, 3.8) is 0 Å². The second kappa shape index (κ2) is 8.10. The van der Waals surface area contributed by atoms with Gasteiger partial charge in [0.1, 0.15) is 0 Å². The molecule has 0 aromatic rings. The minimum absolute atomic E-state index is 0.570. The van der Waals surface area contributed by atoms with Crippen molar-refractivity contribution in [2.75, 3.05) is 33.5 Å². The third kappa shape index (κ3) is 8.10. The zero-order chi connectivity index (χ0) is 6.95. The Morgan fingerprint density at radius 3 is 2.33 bits per heavy atom. The largest absolute Gasteiger partial charge is 0.416 e. The van der Waals surface area contributed by atoms with Crippen molar-refractivity contribution in [1.82, 2.24) is 0 Å². The van der Waals surface area contributed by atoms with Crippen LogP contribution in [-0.2, 0) is 13.9 Å². The SMILES string of the molecule is COCCOCCO[Si]. The molecule has 0 heterocycles. The molecule has 0 bridgehead atoms.